The van der Waals surface area contributed by atoms with E-state index in [1.807, 2.05) is 0 Å². The van der Waals surface area contributed by atoms with Crippen LogP contribution >= 0.6 is 0 Å². The first-order valence-electron chi connectivity index (χ1n) is 10.7. The molecule has 0 aliphatic heterocycles. The van der Waals surface area contributed by atoms with E-state index in [1.54, 1.807) is 11.9 Å². The lowest BCUT2D eigenvalue weighted by atomic mass is 10.1. The maximum atomic E-state index is 11.6. The number of rotatable bonds is 20. The van der Waals surface area contributed by atoms with Gasteiger partial charge < -0.3 is 9.47 Å². The third kappa shape index (κ3) is 20.8. The van der Waals surface area contributed by atoms with E-state index in [1.165, 1.54) is 70.6 Å². The van der Waals surface area contributed by atoms with Crippen molar-refractivity contribution in [3.63, 3.8) is 0 Å². The molecular weight excluding hydrogens is 342 g/mol. The SMILES string of the molecule is CCCCCCCC/C=C\CCCCCCCC(=O)OCN(C)COC=O. The van der Waals surface area contributed by atoms with Crippen LogP contribution in [0.4, 0.5) is 0 Å². The van der Waals surface area contributed by atoms with Crippen LogP contribution in [0, 0.1) is 0 Å². The van der Waals surface area contributed by atoms with E-state index in [9.17, 15) is 9.59 Å². The summed E-state index contributed by atoms with van der Waals surface area (Å²) in [5.74, 6) is -0.189. The summed E-state index contributed by atoms with van der Waals surface area (Å²) in [4.78, 5) is 23.3. The normalized spacial score (nSPS) is 11.2. The van der Waals surface area contributed by atoms with Crippen LogP contribution in [0.25, 0.3) is 0 Å². The zero-order chi connectivity index (χ0) is 20.0. The number of ether oxygens (including phenoxy) is 2. The first-order valence-corrected chi connectivity index (χ1v) is 10.7. The lowest BCUT2D eigenvalue weighted by Crippen LogP contribution is -2.26. The molecule has 0 spiro atoms. The monoisotopic (exact) mass is 383 g/mol. The molecule has 0 amide bonds. The number of carbonyl (C=O) groups excluding carboxylic acids is 2. The summed E-state index contributed by atoms with van der Waals surface area (Å²) in [5.41, 5.74) is 0. The molecule has 0 bridgehead atoms. The van der Waals surface area contributed by atoms with Gasteiger partial charge >= 0.3 is 5.97 Å². The minimum Gasteiger partial charge on any atom is -0.452 e. The molecule has 0 saturated carbocycles. The Kier molecular flexibility index (Phi) is 19.9. The molecule has 0 aliphatic rings. The molecule has 0 heterocycles. The smallest absolute Gasteiger partial charge is 0.307 e. The van der Waals surface area contributed by atoms with E-state index in [-0.39, 0.29) is 19.4 Å². The molecule has 158 valence electrons. The summed E-state index contributed by atoms with van der Waals surface area (Å²) in [5, 5.41) is 0. The molecule has 0 aliphatic carbocycles. The van der Waals surface area contributed by atoms with Crippen molar-refractivity contribution in [1.29, 1.82) is 0 Å². The number of esters is 1. The topological polar surface area (TPSA) is 55.8 Å². The number of carbonyl (C=O) groups is 2. The molecule has 0 rings (SSSR count). The van der Waals surface area contributed by atoms with Crippen LogP contribution in [0.1, 0.15) is 96.8 Å². The fraction of sp³-hybridized carbons (Fsp3) is 0.818. The largest absolute Gasteiger partial charge is 0.452 e. The summed E-state index contributed by atoms with van der Waals surface area (Å²) in [6.07, 6.45) is 21.3. The lowest BCUT2D eigenvalue weighted by molar-refractivity contribution is -0.151. The zero-order valence-corrected chi connectivity index (χ0v) is 17.6. The Morgan fingerprint density at radius 3 is 1.96 bits per heavy atom. The molecule has 0 N–H and O–H groups in total. The highest BCUT2D eigenvalue weighted by molar-refractivity contribution is 5.69. The van der Waals surface area contributed by atoms with Gasteiger partial charge in [-0.05, 0) is 39.2 Å². The van der Waals surface area contributed by atoms with E-state index in [0.717, 1.165) is 12.8 Å². The maximum Gasteiger partial charge on any atom is 0.307 e. The quantitative estimate of drug-likeness (QED) is 0.0902. The van der Waals surface area contributed by atoms with Crippen LogP contribution in [-0.2, 0) is 19.1 Å². The number of hydrogen-bond donors (Lipinski definition) is 0. The molecule has 0 atom stereocenters. The van der Waals surface area contributed by atoms with Gasteiger partial charge in [0.1, 0.15) is 13.5 Å². The highest BCUT2D eigenvalue weighted by atomic mass is 16.6. The number of nitrogens with zero attached hydrogens (tertiary/aromatic N) is 1. The molecule has 0 unspecified atom stereocenters. The van der Waals surface area contributed by atoms with E-state index in [2.05, 4.69) is 23.8 Å². The van der Waals surface area contributed by atoms with Gasteiger partial charge in [0, 0.05) is 6.42 Å². The second-order valence-corrected chi connectivity index (χ2v) is 7.23. The first kappa shape index (κ1) is 25.6. The highest BCUT2D eigenvalue weighted by Gasteiger charge is 2.05. The Hall–Kier alpha value is -1.36. The van der Waals surface area contributed by atoms with Gasteiger partial charge in [-0.3, -0.25) is 9.59 Å². The van der Waals surface area contributed by atoms with E-state index in [0.29, 0.717) is 12.9 Å². The Bertz CT molecular complexity index is 371. The highest BCUT2D eigenvalue weighted by Crippen LogP contribution is 2.10. The third-order valence-corrected chi connectivity index (χ3v) is 4.45. The number of allylic oxidation sites excluding steroid dienone is 2. The van der Waals surface area contributed by atoms with Gasteiger partial charge in [0.2, 0.25) is 0 Å². The summed E-state index contributed by atoms with van der Waals surface area (Å²) < 4.78 is 9.67. The third-order valence-electron chi connectivity index (χ3n) is 4.45. The zero-order valence-electron chi connectivity index (χ0n) is 17.6. The summed E-state index contributed by atoms with van der Waals surface area (Å²) >= 11 is 0. The van der Waals surface area contributed by atoms with E-state index < -0.39 is 0 Å². The standard InChI is InChI=1S/C22H41NO4/c1-3-4-5-6-7-8-9-10-11-12-13-14-15-16-17-18-22(25)27-20-23(2)19-26-21-24/h10-11,21H,3-9,12-20H2,1-2H3/b11-10-. The van der Waals surface area contributed by atoms with Gasteiger partial charge in [-0.2, -0.15) is 0 Å². The van der Waals surface area contributed by atoms with Crippen LogP contribution in [0.3, 0.4) is 0 Å². The predicted octanol–water partition coefficient (Wildman–Crippen LogP) is 5.59. The van der Waals surface area contributed by atoms with Gasteiger partial charge in [0.15, 0.2) is 0 Å². The van der Waals surface area contributed by atoms with E-state index >= 15 is 0 Å². The first-order chi connectivity index (χ1) is 13.2. The summed E-state index contributed by atoms with van der Waals surface area (Å²) in [6, 6.07) is 0. The summed E-state index contributed by atoms with van der Waals surface area (Å²) in [7, 11) is 1.72. The Balaban J connectivity index is 3.28. The molecule has 0 aromatic heterocycles. The van der Waals surface area contributed by atoms with Crippen LogP contribution in [-0.4, -0.2) is 37.9 Å². The van der Waals surface area contributed by atoms with Gasteiger partial charge in [-0.15, -0.1) is 0 Å². The van der Waals surface area contributed by atoms with Crippen LogP contribution in [0.2, 0.25) is 0 Å². The van der Waals surface area contributed by atoms with Gasteiger partial charge in [0.25, 0.3) is 6.47 Å². The van der Waals surface area contributed by atoms with Crippen LogP contribution < -0.4 is 0 Å². The minimum atomic E-state index is -0.189. The van der Waals surface area contributed by atoms with Crippen LogP contribution in [0.15, 0.2) is 12.2 Å². The molecule has 27 heavy (non-hydrogen) atoms. The minimum absolute atomic E-state index is 0.129. The molecular formula is C22H41NO4. The van der Waals surface area contributed by atoms with Crippen molar-refractivity contribution in [2.45, 2.75) is 96.8 Å². The Morgan fingerprint density at radius 2 is 1.37 bits per heavy atom. The lowest BCUT2D eigenvalue weighted by Gasteiger charge is -2.14. The second kappa shape index (κ2) is 20.9. The van der Waals surface area contributed by atoms with Crippen molar-refractivity contribution in [3.05, 3.63) is 12.2 Å². The summed E-state index contributed by atoms with van der Waals surface area (Å²) in [6.45, 7) is 2.92. The fourth-order valence-electron chi connectivity index (χ4n) is 2.79. The van der Waals surface area contributed by atoms with Crippen molar-refractivity contribution < 1.29 is 19.1 Å². The molecule has 5 heteroatoms. The maximum absolute atomic E-state index is 11.6. The van der Waals surface area contributed by atoms with Crippen LogP contribution in [0.5, 0.6) is 0 Å². The number of unbranched alkanes of at least 4 members (excludes halogenated alkanes) is 11. The molecule has 0 saturated heterocycles. The molecule has 5 nitrogen and oxygen atoms in total. The van der Waals surface area contributed by atoms with Gasteiger partial charge in [-0.1, -0.05) is 70.4 Å². The second-order valence-electron chi connectivity index (χ2n) is 7.23. The van der Waals surface area contributed by atoms with Crippen molar-refractivity contribution in [1.82, 2.24) is 4.90 Å². The molecule has 0 aromatic carbocycles. The van der Waals surface area contributed by atoms with E-state index in [4.69, 9.17) is 4.74 Å². The Morgan fingerprint density at radius 1 is 0.815 bits per heavy atom. The molecule has 0 fully saturated rings. The average Bonchev–Trinajstić information content (AvgIpc) is 2.67. The predicted molar refractivity (Wildman–Crippen MR) is 110 cm³/mol. The van der Waals surface area contributed by atoms with Crippen molar-refractivity contribution in [2.24, 2.45) is 0 Å². The van der Waals surface area contributed by atoms with Gasteiger partial charge in [0.05, 0.1) is 0 Å². The fourth-order valence-corrected chi connectivity index (χ4v) is 2.79. The average molecular weight is 384 g/mol. The Labute approximate surface area is 166 Å². The molecule has 0 radical (unpaired) electrons. The molecule has 0 aromatic rings. The van der Waals surface area contributed by atoms with Gasteiger partial charge in [-0.25, -0.2) is 4.90 Å². The number of hydrogen-bond acceptors (Lipinski definition) is 5. The van der Waals surface area contributed by atoms with Crippen molar-refractivity contribution >= 4 is 12.4 Å². The van der Waals surface area contributed by atoms with Crippen molar-refractivity contribution in [3.8, 4) is 0 Å². The van der Waals surface area contributed by atoms with Crippen molar-refractivity contribution in [2.75, 3.05) is 20.5 Å².